The number of carbonyl (C=O) groups excluding carboxylic acids is 1. The average Bonchev–Trinajstić information content (AvgIpc) is 3.09. The Kier molecular flexibility index (Phi) is 6.36. The summed E-state index contributed by atoms with van der Waals surface area (Å²) in [5.41, 5.74) is 1.16. The smallest absolute Gasteiger partial charge is 0.283 e. The van der Waals surface area contributed by atoms with E-state index in [1.165, 1.54) is 28.9 Å². The molecule has 8 nitrogen and oxygen atoms in total. The minimum absolute atomic E-state index is 0.0709. The summed E-state index contributed by atoms with van der Waals surface area (Å²) in [6.45, 7) is 3.09. The van der Waals surface area contributed by atoms with Gasteiger partial charge in [-0.05, 0) is 18.6 Å². The standard InChI is InChI=1S/C21H22N4O4/c1-2-3-13-22-14-18(26)19-20(15-7-5-4-6-8-15)23-24(21(19)27)16-9-11-17(12-10-16)25(28)29/h4-12,22-23H,2-3,13-14H2,1H3/p+1. The predicted molar refractivity (Wildman–Crippen MR) is 109 cm³/mol. The van der Waals surface area contributed by atoms with Crippen molar-refractivity contribution in [2.24, 2.45) is 0 Å². The summed E-state index contributed by atoms with van der Waals surface area (Å²) in [7, 11) is 0. The summed E-state index contributed by atoms with van der Waals surface area (Å²) in [5, 5.41) is 15.8. The van der Waals surface area contributed by atoms with E-state index in [0.29, 0.717) is 11.4 Å². The second kappa shape index (κ2) is 9.11. The summed E-state index contributed by atoms with van der Waals surface area (Å²) in [6.07, 6.45) is 2.04. The van der Waals surface area contributed by atoms with Crippen LogP contribution in [0.25, 0.3) is 16.9 Å². The van der Waals surface area contributed by atoms with Crippen molar-refractivity contribution in [2.45, 2.75) is 19.8 Å². The number of nitrogens with one attached hydrogen (secondary N) is 1. The highest BCUT2D eigenvalue weighted by atomic mass is 16.6. The Morgan fingerprint density at radius 1 is 1.14 bits per heavy atom. The molecule has 3 aromatic rings. The third kappa shape index (κ3) is 4.49. The monoisotopic (exact) mass is 395 g/mol. The molecule has 3 N–H and O–H groups in total. The van der Waals surface area contributed by atoms with Crippen molar-refractivity contribution in [3.8, 4) is 16.9 Å². The Bertz CT molecular complexity index is 1050. The molecule has 0 saturated heterocycles. The summed E-state index contributed by atoms with van der Waals surface area (Å²) in [6, 6.07) is 14.8. The molecule has 8 heteroatoms. The van der Waals surface area contributed by atoms with Crippen molar-refractivity contribution in [1.29, 1.82) is 0 Å². The molecule has 1 heterocycles. The van der Waals surface area contributed by atoms with E-state index in [2.05, 4.69) is 12.0 Å². The van der Waals surface area contributed by atoms with E-state index in [0.717, 1.165) is 24.9 Å². The molecule has 150 valence electrons. The van der Waals surface area contributed by atoms with Gasteiger partial charge in [0, 0.05) is 17.7 Å². The highest BCUT2D eigenvalue weighted by Gasteiger charge is 2.24. The maximum Gasteiger partial charge on any atom is 0.283 e. The minimum Gasteiger partial charge on any atom is -0.340 e. The molecule has 1 aromatic heterocycles. The van der Waals surface area contributed by atoms with Gasteiger partial charge in [0.2, 0.25) is 5.78 Å². The zero-order chi connectivity index (χ0) is 20.8. The summed E-state index contributed by atoms with van der Waals surface area (Å²) >= 11 is 0. The van der Waals surface area contributed by atoms with Crippen LogP contribution in [0.1, 0.15) is 30.1 Å². The summed E-state index contributed by atoms with van der Waals surface area (Å²) in [4.78, 5) is 36.3. The van der Waals surface area contributed by atoms with Crippen molar-refractivity contribution in [2.75, 3.05) is 13.1 Å². The van der Waals surface area contributed by atoms with E-state index in [9.17, 15) is 19.7 Å². The molecule has 0 aliphatic carbocycles. The van der Waals surface area contributed by atoms with Gasteiger partial charge < -0.3 is 5.32 Å². The molecule has 0 aliphatic rings. The Hall–Kier alpha value is -3.52. The number of benzene rings is 2. The lowest BCUT2D eigenvalue weighted by atomic mass is 10.1. The van der Waals surface area contributed by atoms with Crippen molar-refractivity contribution in [3.63, 3.8) is 0 Å². The van der Waals surface area contributed by atoms with Gasteiger partial charge in [0.05, 0.1) is 22.8 Å². The third-order valence-electron chi connectivity index (χ3n) is 4.64. The number of hydrogen-bond donors (Lipinski definition) is 2. The Morgan fingerprint density at radius 2 is 1.83 bits per heavy atom. The maximum atomic E-state index is 13.1. The number of aromatic nitrogens is 2. The highest BCUT2D eigenvalue weighted by molar-refractivity contribution is 6.02. The molecule has 0 aliphatic heterocycles. The molecular weight excluding hydrogens is 372 g/mol. The van der Waals surface area contributed by atoms with Gasteiger partial charge in [-0.25, -0.2) is 4.68 Å². The number of non-ortho nitro benzene ring substituents is 1. The second-order valence-electron chi connectivity index (χ2n) is 6.70. The zero-order valence-electron chi connectivity index (χ0n) is 16.1. The van der Waals surface area contributed by atoms with Gasteiger partial charge >= 0.3 is 0 Å². The van der Waals surface area contributed by atoms with Gasteiger partial charge in [-0.1, -0.05) is 43.7 Å². The van der Waals surface area contributed by atoms with Crippen LogP contribution >= 0.6 is 0 Å². The summed E-state index contributed by atoms with van der Waals surface area (Å²) in [5.74, 6) is -0.248. The van der Waals surface area contributed by atoms with Crippen LogP contribution in [0.15, 0.2) is 59.4 Å². The van der Waals surface area contributed by atoms with E-state index in [1.54, 1.807) is 0 Å². The zero-order valence-corrected chi connectivity index (χ0v) is 16.1. The fourth-order valence-electron chi connectivity index (χ4n) is 3.10. The van der Waals surface area contributed by atoms with Crippen LogP contribution in [0, 0.1) is 10.1 Å². The molecule has 0 radical (unpaired) electrons. The Balaban J connectivity index is 2.03. The number of nitrogens with zero attached hydrogens (tertiary/aromatic N) is 2. The lowest BCUT2D eigenvalue weighted by molar-refractivity contribution is -0.643. The van der Waals surface area contributed by atoms with E-state index in [1.807, 2.05) is 35.6 Å². The maximum absolute atomic E-state index is 13.1. The van der Waals surface area contributed by atoms with E-state index < -0.39 is 10.5 Å². The van der Waals surface area contributed by atoms with Crippen LogP contribution in [0.5, 0.6) is 0 Å². The minimum atomic E-state index is -0.502. The molecule has 0 atom stereocenters. The van der Waals surface area contributed by atoms with Crippen LogP contribution in [-0.2, 0) is 0 Å². The fourth-order valence-corrected chi connectivity index (χ4v) is 3.10. The molecule has 3 rings (SSSR count). The summed E-state index contributed by atoms with van der Waals surface area (Å²) < 4.78 is 1.26. The van der Waals surface area contributed by atoms with Gasteiger partial charge in [-0.2, -0.15) is 0 Å². The van der Waals surface area contributed by atoms with Gasteiger partial charge in [0.25, 0.3) is 11.2 Å². The average molecular weight is 395 g/mol. The third-order valence-corrected chi connectivity index (χ3v) is 4.64. The first-order chi connectivity index (χ1) is 14.0. The molecule has 0 amide bonds. The van der Waals surface area contributed by atoms with Gasteiger partial charge in [-0.15, -0.1) is 0 Å². The van der Waals surface area contributed by atoms with E-state index >= 15 is 0 Å². The molecule has 0 spiro atoms. The van der Waals surface area contributed by atoms with Gasteiger partial charge in [-0.3, -0.25) is 24.8 Å². The number of unbranched alkanes of at least 4 members (excludes halogenated alkanes) is 1. The van der Waals surface area contributed by atoms with Gasteiger partial charge in [0.1, 0.15) is 12.1 Å². The van der Waals surface area contributed by atoms with Crippen molar-refractivity contribution >= 4 is 11.5 Å². The van der Waals surface area contributed by atoms with Crippen LogP contribution in [0.2, 0.25) is 0 Å². The number of quaternary nitrogens is 1. The lowest BCUT2D eigenvalue weighted by Gasteiger charge is -2.03. The first kappa shape index (κ1) is 20.2. The topological polar surface area (TPSA) is 115 Å². The number of nitrogens with two attached hydrogens (primary N) is 1. The number of nitro groups is 1. The molecule has 29 heavy (non-hydrogen) atoms. The number of hydrogen-bond acceptors (Lipinski definition) is 4. The first-order valence-corrected chi connectivity index (χ1v) is 9.53. The van der Waals surface area contributed by atoms with E-state index in [4.69, 9.17) is 0 Å². The second-order valence-corrected chi connectivity index (χ2v) is 6.70. The fraction of sp³-hybridized carbons (Fsp3) is 0.238. The van der Waals surface area contributed by atoms with Crippen molar-refractivity contribution < 1.29 is 15.0 Å². The van der Waals surface area contributed by atoms with Crippen molar-refractivity contribution in [3.05, 3.63) is 80.6 Å². The van der Waals surface area contributed by atoms with Crippen LogP contribution in [0.4, 0.5) is 5.69 Å². The number of Topliss-reactive ketones (excluding diaryl/α,β-unsaturated/α-hetero) is 1. The van der Waals surface area contributed by atoms with Crippen molar-refractivity contribution in [1.82, 2.24) is 9.78 Å². The molecule has 2 aromatic carbocycles. The normalized spacial score (nSPS) is 10.8. The highest BCUT2D eigenvalue weighted by Crippen LogP contribution is 2.21. The van der Waals surface area contributed by atoms with Crippen LogP contribution in [0.3, 0.4) is 0 Å². The largest absolute Gasteiger partial charge is 0.340 e. The van der Waals surface area contributed by atoms with Crippen LogP contribution in [-0.4, -0.2) is 33.6 Å². The molecule has 0 bridgehead atoms. The molecule has 0 fully saturated rings. The number of aromatic amines is 1. The number of ketones is 1. The number of nitro benzene ring substituents is 1. The first-order valence-electron chi connectivity index (χ1n) is 9.53. The molecular formula is C21H23N4O4+. The number of H-pyrrole nitrogens is 1. The van der Waals surface area contributed by atoms with E-state index in [-0.39, 0.29) is 23.6 Å². The predicted octanol–water partition coefficient (Wildman–Crippen LogP) is 2.29. The Morgan fingerprint density at radius 3 is 2.45 bits per heavy atom. The van der Waals surface area contributed by atoms with Crippen LogP contribution < -0.4 is 10.9 Å². The molecule has 0 unspecified atom stereocenters. The SMILES string of the molecule is CCCC[NH2+]CC(=O)c1c(-c2ccccc2)[nH]n(-c2ccc([N+](=O)[O-])cc2)c1=O. The Labute approximate surface area is 167 Å². The quantitative estimate of drug-likeness (QED) is 0.250. The lowest BCUT2D eigenvalue weighted by Crippen LogP contribution is -2.86. The number of carbonyl (C=O) groups is 1. The van der Waals surface area contributed by atoms with Gasteiger partial charge in [0.15, 0.2) is 0 Å². The number of rotatable bonds is 9. The molecule has 0 saturated carbocycles.